The van der Waals surface area contributed by atoms with Gasteiger partial charge in [0.2, 0.25) is 0 Å². The van der Waals surface area contributed by atoms with E-state index in [1.54, 1.807) is 0 Å². The molecule has 3 aromatic carbocycles. The van der Waals surface area contributed by atoms with E-state index in [9.17, 15) is 0 Å². The van der Waals surface area contributed by atoms with Crippen LogP contribution in [-0.4, -0.2) is 0 Å². The maximum atomic E-state index is 6.06. The van der Waals surface area contributed by atoms with Crippen LogP contribution in [0.2, 0.25) is 0 Å². The molecule has 4 N–H and O–H groups in total. The molecule has 0 unspecified atom stereocenters. The van der Waals surface area contributed by atoms with Crippen molar-refractivity contribution in [2.75, 3.05) is 11.5 Å². The van der Waals surface area contributed by atoms with Gasteiger partial charge in [0.1, 0.15) is 0 Å². The van der Waals surface area contributed by atoms with Crippen LogP contribution < -0.4 is 11.5 Å². The van der Waals surface area contributed by atoms with E-state index in [1.165, 1.54) is 22.3 Å². The summed E-state index contributed by atoms with van der Waals surface area (Å²) >= 11 is 0. The van der Waals surface area contributed by atoms with Crippen LogP contribution >= 0.6 is 0 Å². The minimum absolute atomic E-state index is 0.878. The minimum Gasteiger partial charge on any atom is -0.398 e. The Hall–Kier alpha value is -2.74. The molecule has 24 heavy (non-hydrogen) atoms. The van der Waals surface area contributed by atoms with Crippen molar-refractivity contribution in [3.63, 3.8) is 0 Å². The van der Waals surface area contributed by atoms with Gasteiger partial charge in [-0.15, -0.1) is 0 Å². The predicted octanol–water partition coefficient (Wildman–Crippen LogP) is 5.42. The Kier molecular flexibility index (Phi) is 4.06. The first-order valence-electron chi connectivity index (χ1n) is 8.21. The molecule has 0 aliphatic rings. The summed E-state index contributed by atoms with van der Waals surface area (Å²) in [5.41, 5.74) is 23.2. The summed E-state index contributed by atoms with van der Waals surface area (Å²) in [4.78, 5) is 0. The fraction of sp³-hybridized carbons (Fsp3) is 0.182. The number of rotatable bonds is 2. The van der Waals surface area contributed by atoms with Gasteiger partial charge in [-0.25, -0.2) is 0 Å². The zero-order chi connectivity index (χ0) is 17.4. The van der Waals surface area contributed by atoms with E-state index in [-0.39, 0.29) is 0 Å². The summed E-state index contributed by atoms with van der Waals surface area (Å²) in [6.07, 6.45) is 0. The highest BCUT2D eigenvalue weighted by Gasteiger charge is 2.07. The molecule has 3 rings (SSSR count). The van der Waals surface area contributed by atoms with Crippen LogP contribution in [0, 0.1) is 27.7 Å². The van der Waals surface area contributed by atoms with E-state index < -0.39 is 0 Å². The zero-order valence-electron chi connectivity index (χ0n) is 14.8. The molecule has 0 saturated carbocycles. The summed E-state index contributed by atoms with van der Waals surface area (Å²) in [5.74, 6) is 0. The van der Waals surface area contributed by atoms with E-state index in [0.717, 1.165) is 33.6 Å². The van der Waals surface area contributed by atoms with Gasteiger partial charge >= 0.3 is 0 Å². The Morgan fingerprint density at radius 2 is 0.708 bits per heavy atom. The lowest BCUT2D eigenvalue weighted by Crippen LogP contribution is -1.95. The van der Waals surface area contributed by atoms with Crippen molar-refractivity contribution in [2.45, 2.75) is 27.7 Å². The number of nitrogens with two attached hydrogens (primary N) is 2. The Morgan fingerprint density at radius 1 is 0.458 bits per heavy atom. The number of nitrogen functional groups attached to an aromatic ring is 2. The molecule has 0 amide bonds. The van der Waals surface area contributed by atoms with Gasteiger partial charge in [0, 0.05) is 11.4 Å². The highest BCUT2D eigenvalue weighted by molar-refractivity contribution is 5.75. The molecule has 0 spiro atoms. The summed E-state index contributed by atoms with van der Waals surface area (Å²) in [7, 11) is 0. The van der Waals surface area contributed by atoms with Gasteiger partial charge in [-0.2, -0.15) is 0 Å². The number of anilines is 2. The van der Waals surface area contributed by atoms with E-state index in [0.29, 0.717) is 0 Å². The maximum absolute atomic E-state index is 6.06. The molecule has 0 radical (unpaired) electrons. The van der Waals surface area contributed by atoms with Gasteiger partial charge in [-0.05, 0) is 96.5 Å². The molecule has 2 heteroatoms. The molecule has 3 aromatic rings. The first-order chi connectivity index (χ1) is 11.4. The lowest BCUT2D eigenvalue weighted by Gasteiger charge is -2.11. The van der Waals surface area contributed by atoms with Crippen molar-refractivity contribution < 1.29 is 0 Å². The van der Waals surface area contributed by atoms with E-state index in [1.807, 2.05) is 0 Å². The third kappa shape index (κ3) is 2.88. The third-order valence-electron chi connectivity index (χ3n) is 4.74. The van der Waals surface area contributed by atoms with Crippen LogP contribution in [0.4, 0.5) is 11.4 Å². The monoisotopic (exact) mass is 316 g/mol. The number of aryl methyl sites for hydroxylation is 4. The third-order valence-corrected chi connectivity index (χ3v) is 4.74. The average Bonchev–Trinajstić information content (AvgIpc) is 2.57. The molecular weight excluding hydrogens is 292 g/mol. The molecule has 0 saturated heterocycles. The quantitative estimate of drug-likeness (QED) is 0.620. The standard InChI is InChI=1S/C22H24N2/c1-13-9-19(10-14(2)21(13)23)17-5-7-18(8-6-17)20-11-15(3)22(24)16(4)12-20/h5-12H,23-24H2,1-4H3. The van der Waals surface area contributed by atoms with Crippen molar-refractivity contribution in [3.05, 3.63) is 70.8 Å². The van der Waals surface area contributed by atoms with E-state index in [4.69, 9.17) is 11.5 Å². The van der Waals surface area contributed by atoms with Gasteiger partial charge in [0.15, 0.2) is 0 Å². The Morgan fingerprint density at radius 3 is 0.958 bits per heavy atom. The van der Waals surface area contributed by atoms with Crippen molar-refractivity contribution in [1.29, 1.82) is 0 Å². The second-order valence-corrected chi connectivity index (χ2v) is 6.62. The van der Waals surface area contributed by atoms with E-state index in [2.05, 4.69) is 76.2 Å². The Labute approximate surface area is 144 Å². The fourth-order valence-electron chi connectivity index (χ4n) is 3.14. The molecule has 0 atom stereocenters. The predicted molar refractivity (Wildman–Crippen MR) is 105 cm³/mol. The molecule has 0 heterocycles. The molecule has 0 aliphatic heterocycles. The number of benzene rings is 3. The highest BCUT2D eigenvalue weighted by atomic mass is 14.6. The lowest BCUT2D eigenvalue weighted by molar-refractivity contribution is 1.38. The van der Waals surface area contributed by atoms with Gasteiger partial charge < -0.3 is 11.5 Å². The summed E-state index contributed by atoms with van der Waals surface area (Å²) < 4.78 is 0. The van der Waals surface area contributed by atoms with E-state index >= 15 is 0 Å². The molecular formula is C22H24N2. The molecule has 0 aromatic heterocycles. The highest BCUT2D eigenvalue weighted by Crippen LogP contribution is 2.30. The van der Waals surface area contributed by atoms with Crippen molar-refractivity contribution in [2.24, 2.45) is 0 Å². The van der Waals surface area contributed by atoms with Crippen LogP contribution in [0.15, 0.2) is 48.5 Å². The van der Waals surface area contributed by atoms with Crippen LogP contribution in [0.25, 0.3) is 22.3 Å². The van der Waals surface area contributed by atoms with Crippen LogP contribution in [0.1, 0.15) is 22.3 Å². The Balaban J connectivity index is 2.00. The van der Waals surface area contributed by atoms with Crippen molar-refractivity contribution in [1.82, 2.24) is 0 Å². The normalized spacial score (nSPS) is 10.8. The molecule has 2 nitrogen and oxygen atoms in total. The first kappa shape index (κ1) is 16.1. The van der Waals surface area contributed by atoms with Crippen LogP contribution in [0.3, 0.4) is 0 Å². The molecule has 122 valence electrons. The SMILES string of the molecule is Cc1cc(-c2ccc(-c3cc(C)c(N)c(C)c3)cc2)cc(C)c1N. The maximum Gasteiger partial charge on any atom is 0.0373 e. The largest absolute Gasteiger partial charge is 0.398 e. The number of hydrogen-bond donors (Lipinski definition) is 2. The van der Waals surface area contributed by atoms with Crippen LogP contribution in [0.5, 0.6) is 0 Å². The topological polar surface area (TPSA) is 52.0 Å². The number of hydrogen-bond acceptors (Lipinski definition) is 2. The average molecular weight is 316 g/mol. The smallest absolute Gasteiger partial charge is 0.0373 e. The lowest BCUT2D eigenvalue weighted by atomic mass is 9.95. The Bertz CT molecular complexity index is 783. The first-order valence-corrected chi connectivity index (χ1v) is 8.21. The minimum atomic E-state index is 0.878. The second-order valence-electron chi connectivity index (χ2n) is 6.62. The summed E-state index contributed by atoms with van der Waals surface area (Å²) in [6, 6.07) is 17.3. The summed E-state index contributed by atoms with van der Waals surface area (Å²) in [6.45, 7) is 8.22. The summed E-state index contributed by atoms with van der Waals surface area (Å²) in [5, 5.41) is 0. The van der Waals surface area contributed by atoms with Gasteiger partial charge in [0.25, 0.3) is 0 Å². The van der Waals surface area contributed by atoms with Crippen molar-refractivity contribution >= 4 is 11.4 Å². The zero-order valence-corrected chi connectivity index (χ0v) is 14.8. The fourth-order valence-corrected chi connectivity index (χ4v) is 3.14. The van der Waals surface area contributed by atoms with Gasteiger partial charge in [-0.1, -0.05) is 24.3 Å². The second kappa shape index (κ2) is 6.04. The van der Waals surface area contributed by atoms with Gasteiger partial charge in [0.05, 0.1) is 0 Å². The van der Waals surface area contributed by atoms with Crippen molar-refractivity contribution in [3.8, 4) is 22.3 Å². The molecule has 0 fully saturated rings. The van der Waals surface area contributed by atoms with Gasteiger partial charge in [-0.3, -0.25) is 0 Å². The molecule has 0 bridgehead atoms. The van der Waals surface area contributed by atoms with Crippen LogP contribution in [-0.2, 0) is 0 Å². The molecule has 0 aliphatic carbocycles.